The van der Waals surface area contributed by atoms with Crippen molar-refractivity contribution in [2.24, 2.45) is 0 Å². The topological polar surface area (TPSA) is 57.5 Å². The molecule has 3 aromatic rings. The monoisotopic (exact) mass is 415 g/mol. The van der Waals surface area contributed by atoms with Crippen LogP contribution >= 0.6 is 0 Å². The highest BCUT2D eigenvalue weighted by molar-refractivity contribution is 6.05. The lowest BCUT2D eigenvalue weighted by Crippen LogP contribution is -2.17. The van der Waals surface area contributed by atoms with Crippen molar-refractivity contribution in [2.45, 2.75) is 39.7 Å². The predicted octanol–water partition coefficient (Wildman–Crippen LogP) is 4.81. The van der Waals surface area contributed by atoms with Crippen LogP contribution in [0.4, 0.5) is 8.78 Å². The van der Waals surface area contributed by atoms with Crippen LogP contribution in [-0.2, 0) is 16.0 Å². The second kappa shape index (κ2) is 8.65. The van der Waals surface area contributed by atoms with Gasteiger partial charge in [-0.1, -0.05) is 6.92 Å². The molecule has 0 aliphatic rings. The maximum absolute atomic E-state index is 14.4. The summed E-state index contributed by atoms with van der Waals surface area (Å²) in [7, 11) is 1.34. The van der Waals surface area contributed by atoms with E-state index in [0.717, 1.165) is 0 Å². The Hall–Kier alpha value is -3.22. The summed E-state index contributed by atoms with van der Waals surface area (Å²) in [5, 5.41) is 0.516. The summed E-state index contributed by atoms with van der Waals surface area (Å²) in [6.07, 6.45) is 0.360. The fourth-order valence-electron chi connectivity index (χ4n) is 3.34. The van der Waals surface area contributed by atoms with Crippen molar-refractivity contribution >= 4 is 22.8 Å². The minimum Gasteiger partial charge on any atom is -0.494 e. The molecule has 1 heterocycles. The summed E-state index contributed by atoms with van der Waals surface area (Å²) in [5.41, 5.74) is 1.56. The maximum atomic E-state index is 14.4. The van der Waals surface area contributed by atoms with E-state index in [1.807, 2.05) is 6.92 Å². The first-order chi connectivity index (χ1) is 14.3. The Morgan fingerprint density at radius 2 is 1.80 bits per heavy atom. The van der Waals surface area contributed by atoms with Crippen LogP contribution < -0.4 is 4.74 Å². The number of nitrogens with zero attached hydrogens (tertiary/aromatic N) is 1. The number of halogens is 2. The van der Waals surface area contributed by atoms with Gasteiger partial charge in [-0.25, -0.2) is 8.78 Å². The summed E-state index contributed by atoms with van der Waals surface area (Å²) in [5.74, 6) is -1.99. The van der Waals surface area contributed by atoms with Crippen molar-refractivity contribution in [3.63, 3.8) is 0 Å². The van der Waals surface area contributed by atoms with Gasteiger partial charge in [0, 0.05) is 22.7 Å². The van der Waals surface area contributed by atoms with Crippen LogP contribution in [0, 0.1) is 18.6 Å². The van der Waals surface area contributed by atoms with Gasteiger partial charge >= 0.3 is 5.97 Å². The average Bonchev–Trinajstić information content (AvgIpc) is 2.97. The van der Waals surface area contributed by atoms with Crippen molar-refractivity contribution in [1.29, 1.82) is 0 Å². The van der Waals surface area contributed by atoms with Gasteiger partial charge in [0.15, 0.2) is 11.6 Å². The SMILES string of the molecule is CCC(C)OC(=O)Cc1c(C)n(C(=O)c2ccc(F)cc2)c2cc(F)c(OC)cc12. The number of esters is 1. The van der Waals surface area contributed by atoms with E-state index in [0.29, 0.717) is 28.6 Å². The number of hydrogen-bond acceptors (Lipinski definition) is 4. The molecule has 1 unspecified atom stereocenters. The van der Waals surface area contributed by atoms with Gasteiger partial charge in [-0.2, -0.15) is 0 Å². The van der Waals surface area contributed by atoms with E-state index in [1.165, 1.54) is 48.1 Å². The summed E-state index contributed by atoms with van der Waals surface area (Å²) in [4.78, 5) is 25.6. The van der Waals surface area contributed by atoms with E-state index in [4.69, 9.17) is 9.47 Å². The summed E-state index contributed by atoms with van der Waals surface area (Å²) < 4.78 is 39.5. The minimum atomic E-state index is -0.635. The molecule has 0 aliphatic carbocycles. The summed E-state index contributed by atoms with van der Waals surface area (Å²) in [6, 6.07) is 7.76. The Bertz CT molecular complexity index is 1100. The number of methoxy groups -OCH3 is 1. The fraction of sp³-hybridized carbons (Fsp3) is 0.304. The molecule has 0 N–H and O–H groups in total. The van der Waals surface area contributed by atoms with Crippen molar-refractivity contribution in [3.8, 4) is 5.75 Å². The number of aromatic nitrogens is 1. The highest BCUT2D eigenvalue weighted by Crippen LogP contribution is 2.32. The van der Waals surface area contributed by atoms with Crippen molar-refractivity contribution in [1.82, 2.24) is 4.57 Å². The average molecular weight is 415 g/mol. The number of carbonyl (C=O) groups excluding carboxylic acids is 2. The first-order valence-corrected chi connectivity index (χ1v) is 9.64. The van der Waals surface area contributed by atoms with E-state index in [9.17, 15) is 18.4 Å². The zero-order valence-electron chi connectivity index (χ0n) is 17.3. The molecule has 0 amide bonds. The van der Waals surface area contributed by atoms with E-state index in [2.05, 4.69) is 0 Å². The smallest absolute Gasteiger partial charge is 0.310 e. The quantitative estimate of drug-likeness (QED) is 0.542. The Labute approximate surface area is 173 Å². The van der Waals surface area contributed by atoms with Gasteiger partial charge in [0.2, 0.25) is 0 Å². The number of fused-ring (bicyclic) bond motifs is 1. The van der Waals surface area contributed by atoms with Gasteiger partial charge in [0.25, 0.3) is 5.91 Å². The molecule has 0 spiro atoms. The first kappa shape index (κ1) is 21.5. The Morgan fingerprint density at radius 1 is 1.13 bits per heavy atom. The first-order valence-electron chi connectivity index (χ1n) is 9.64. The highest BCUT2D eigenvalue weighted by atomic mass is 19.1. The van der Waals surface area contributed by atoms with E-state index in [-0.39, 0.29) is 23.8 Å². The fourth-order valence-corrected chi connectivity index (χ4v) is 3.34. The van der Waals surface area contributed by atoms with Gasteiger partial charge in [-0.05, 0) is 56.2 Å². The van der Waals surface area contributed by atoms with E-state index >= 15 is 0 Å². The van der Waals surface area contributed by atoms with Crippen molar-refractivity contribution < 1.29 is 27.8 Å². The molecule has 3 rings (SSSR count). The maximum Gasteiger partial charge on any atom is 0.310 e. The molecule has 0 aliphatic heterocycles. The molecule has 0 saturated heterocycles. The number of ether oxygens (including phenoxy) is 2. The van der Waals surface area contributed by atoms with Crippen LogP contribution in [0.5, 0.6) is 5.75 Å². The van der Waals surface area contributed by atoms with Crippen LogP contribution in [-0.4, -0.2) is 29.7 Å². The standard InChI is InChI=1S/C23H23F2NO4/c1-5-13(2)30-22(27)11-17-14(3)26(23(28)15-6-8-16(24)9-7-15)20-12-19(25)21(29-4)10-18(17)20/h6-10,12-13H,5,11H2,1-4H3. The number of carbonyl (C=O) groups is 2. The summed E-state index contributed by atoms with van der Waals surface area (Å²) >= 11 is 0. The predicted molar refractivity (Wildman–Crippen MR) is 109 cm³/mol. The minimum absolute atomic E-state index is 0.00502. The molecule has 7 heteroatoms. The largest absolute Gasteiger partial charge is 0.494 e. The van der Waals surface area contributed by atoms with Crippen LogP contribution in [0.25, 0.3) is 10.9 Å². The van der Waals surface area contributed by atoms with Crippen molar-refractivity contribution in [3.05, 3.63) is 64.9 Å². The number of hydrogen-bond donors (Lipinski definition) is 0. The lowest BCUT2D eigenvalue weighted by molar-refractivity contribution is -0.147. The Balaban J connectivity index is 2.16. The molecule has 1 aromatic heterocycles. The summed E-state index contributed by atoms with van der Waals surface area (Å²) in [6.45, 7) is 5.38. The van der Waals surface area contributed by atoms with Crippen LogP contribution in [0.1, 0.15) is 41.9 Å². The second-order valence-corrected chi connectivity index (χ2v) is 7.10. The third-order valence-corrected chi connectivity index (χ3v) is 5.13. The number of benzene rings is 2. The molecule has 0 radical (unpaired) electrons. The van der Waals surface area contributed by atoms with Gasteiger partial charge in [0.05, 0.1) is 25.2 Å². The third-order valence-electron chi connectivity index (χ3n) is 5.13. The molecule has 30 heavy (non-hydrogen) atoms. The molecule has 0 saturated carbocycles. The van der Waals surface area contributed by atoms with Crippen LogP contribution in [0.15, 0.2) is 36.4 Å². The zero-order valence-corrected chi connectivity index (χ0v) is 17.3. The Morgan fingerprint density at radius 3 is 2.40 bits per heavy atom. The van der Waals surface area contributed by atoms with E-state index < -0.39 is 23.5 Å². The lowest BCUT2D eigenvalue weighted by Gasteiger charge is -2.11. The van der Waals surface area contributed by atoms with Crippen LogP contribution in [0.3, 0.4) is 0 Å². The third kappa shape index (κ3) is 4.06. The molecule has 1 atom stereocenters. The zero-order chi connectivity index (χ0) is 22.0. The Kier molecular flexibility index (Phi) is 6.20. The van der Waals surface area contributed by atoms with Gasteiger partial charge in [0.1, 0.15) is 5.82 Å². The molecule has 2 aromatic carbocycles. The van der Waals surface area contributed by atoms with Gasteiger partial charge in [-0.3, -0.25) is 14.2 Å². The highest BCUT2D eigenvalue weighted by Gasteiger charge is 2.24. The molecular formula is C23H23F2NO4. The molecule has 0 fully saturated rings. The molecular weight excluding hydrogens is 392 g/mol. The number of rotatable bonds is 6. The van der Waals surface area contributed by atoms with Crippen LogP contribution in [0.2, 0.25) is 0 Å². The van der Waals surface area contributed by atoms with Crippen molar-refractivity contribution in [2.75, 3.05) is 7.11 Å². The second-order valence-electron chi connectivity index (χ2n) is 7.10. The van der Waals surface area contributed by atoms with Gasteiger partial charge < -0.3 is 9.47 Å². The molecule has 0 bridgehead atoms. The molecule has 158 valence electrons. The molecule has 5 nitrogen and oxygen atoms in total. The van der Waals surface area contributed by atoms with E-state index in [1.54, 1.807) is 13.8 Å². The van der Waals surface area contributed by atoms with Gasteiger partial charge in [-0.15, -0.1) is 0 Å². The normalized spacial score (nSPS) is 12.1. The lowest BCUT2D eigenvalue weighted by atomic mass is 10.1.